The summed E-state index contributed by atoms with van der Waals surface area (Å²) < 4.78 is 22.9. The number of rotatable bonds is 6. The van der Waals surface area contributed by atoms with E-state index >= 15 is 0 Å². The van der Waals surface area contributed by atoms with Crippen LogP contribution < -0.4 is 0 Å². The second kappa shape index (κ2) is 6.58. The van der Waals surface area contributed by atoms with Gasteiger partial charge in [0.2, 0.25) is 0 Å². The van der Waals surface area contributed by atoms with E-state index in [0.717, 1.165) is 25.5 Å². The van der Waals surface area contributed by atoms with Gasteiger partial charge in [-0.3, -0.25) is 4.79 Å². The van der Waals surface area contributed by atoms with Gasteiger partial charge in [0.25, 0.3) is 5.91 Å². The molecule has 6 heteroatoms. The van der Waals surface area contributed by atoms with E-state index in [4.69, 9.17) is 5.11 Å². The van der Waals surface area contributed by atoms with Gasteiger partial charge in [0.1, 0.15) is 0 Å². The van der Waals surface area contributed by atoms with Crippen LogP contribution in [0.5, 0.6) is 0 Å². The first-order chi connectivity index (χ1) is 9.93. The van der Waals surface area contributed by atoms with Gasteiger partial charge in [0.15, 0.2) is 9.84 Å². The third-order valence-corrected chi connectivity index (χ3v) is 4.99. The van der Waals surface area contributed by atoms with Gasteiger partial charge in [-0.05, 0) is 49.9 Å². The summed E-state index contributed by atoms with van der Waals surface area (Å²) in [6.07, 6.45) is 4.83. The normalized spacial score (nSPS) is 15.5. The van der Waals surface area contributed by atoms with Crippen LogP contribution in [-0.2, 0) is 9.84 Å². The Morgan fingerprint density at radius 1 is 1.29 bits per heavy atom. The average Bonchev–Trinajstić information content (AvgIpc) is 2.39. The molecule has 0 unspecified atom stereocenters. The van der Waals surface area contributed by atoms with Crippen LogP contribution in [0.2, 0.25) is 0 Å². The molecule has 5 nitrogen and oxygen atoms in total. The minimum atomic E-state index is -3.25. The average molecular weight is 311 g/mol. The second-order valence-corrected chi connectivity index (χ2v) is 7.47. The number of benzene rings is 1. The SMILES string of the molecule is CS(=O)(=O)c1ccc(C(=O)N(CCCO)C2CCC2)cc1. The van der Waals surface area contributed by atoms with Gasteiger partial charge in [0, 0.05) is 31.0 Å². The molecule has 1 aliphatic carbocycles. The Morgan fingerprint density at radius 3 is 2.33 bits per heavy atom. The van der Waals surface area contributed by atoms with E-state index in [-0.39, 0.29) is 23.5 Å². The molecule has 1 aliphatic rings. The molecule has 2 rings (SSSR count). The van der Waals surface area contributed by atoms with Gasteiger partial charge in [-0.25, -0.2) is 8.42 Å². The van der Waals surface area contributed by atoms with Crippen molar-refractivity contribution in [3.05, 3.63) is 29.8 Å². The van der Waals surface area contributed by atoms with E-state index in [9.17, 15) is 13.2 Å². The molecule has 0 radical (unpaired) electrons. The summed E-state index contributed by atoms with van der Waals surface area (Å²) in [5.41, 5.74) is 0.493. The van der Waals surface area contributed by atoms with Crippen LogP contribution in [0.1, 0.15) is 36.0 Å². The van der Waals surface area contributed by atoms with Gasteiger partial charge < -0.3 is 10.0 Å². The third-order valence-electron chi connectivity index (χ3n) is 3.86. The van der Waals surface area contributed by atoms with Gasteiger partial charge >= 0.3 is 0 Å². The van der Waals surface area contributed by atoms with E-state index in [1.54, 1.807) is 17.0 Å². The van der Waals surface area contributed by atoms with Gasteiger partial charge in [-0.15, -0.1) is 0 Å². The zero-order chi connectivity index (χ0) is 15.5. The lowest BCUT2D eigenvalue weighted by atomic mass is 9.91. The molecule has 1 N–H and O–H groups in total. The lowest BCUT2D eigenvalue weighted by Gasteiger charge is -2.37. The highest BCUT2D eigenvalue weighted by molar-refractivity contribution is 7.90. The minimum Gasteiger partial charge on any atom is -0.396 e. The van der Waals surface area contributed by atoms with Crippen LogP contribution in [0, 0.1) is 0 Å². The van der Waals surface area contributed by atoms with Crippen molar-refractivity contribution in [1.29, 1.82) is 0 Å². The number of carbonyl (C=O) groups is 1. The summed E-state index contributed by atoms with van der Waals surface area (Å²) in [4.78, 5) is 14.6. The zero-order valence-corrected chi connectivity index (χ0v) is 13.0. The monoisotopic (exact) mass is 311 g/mol. The van der Waals surface area contributed by atoms with Crippen LogP contribution in [0.25, 0.3) is 0 Å². The van der Waals surface area contributed by atoms with Crippen molar-refractivity contribution in [2.75, 3.05) is 19.4 Å². The first-order valence-corrected chi connectivity index (χ1v) is 9.04. The largest absolute Gasteiger partial charge is 0.396 e. The molecule has 1 aromatic carbocycles. The van der Waals surface area contributed by atoms with Crippen LogP contribution in [0.3, 0.4) is 0 Å². The number of amides is 1. The van der Waals surface area contributed by atoms with Crippen LogP contribution in [0.15, 0.2) is 29.2 Å². The van der Waals surface area contributed by atoms with Crippen molar-refractivity contribution in [2.45, 2.75) is 36.6 Å². The summed E-state index contributed by atoms with van der Waals surface area (Å²) >= 11 is 0. The summed E-state index contributed by atoms with van der Waals surface area (Å²) in [6.45, 7) is 0.595. The maximum absolute atomic E-state index is 12.5. The summed E-state index contributed by atoms with van der Waals surface area (Å²) in [5, 5.41) is 8.96. The van der Waals surface area contributed by atoms with E-state index in [0.29, 0.717) is 18.5 Å². The van der Waals surface area contributed by atoms with E-state index in [1.165, 1.54) is 12.1 Å². The topological polar surface area (TPSA) is 74.7 Å². The molecule has 0 heterocycles. The van der Waals surface area contributed by atoms with E-state index in [2.05, 4.69) is 0 Å². The first kappa shape index (κ1) is 16.0. The predicted molar refractivity (Wildman–Crippen MR) is 79.9 cm³/mol. The molecular weight excluding hydrogens is 290 g/mol. The van der Waals surface area contributed by atoms with Crippen molar-refractivity contribution < 1.29 is 18.3 Å². The van der Waals surface area contributed by atoms with Crippen LogP contribution >= 0.6 is 0 Å². The van der Waals surface area contributed by atoms with Crippen LogP contribution in [-0.4, -0.2) is 49.8 Å². The maximum Gasteiger partial charge on any atom is 0.254 e. The lowest BCUT2D eigenvalue weighted by molar-refractivity contribution is 0.0562. The molecular formula is C15H21NO4S. The Bertz CT molecular complexity index is 591. The molecule has 116 valence electrons. The molecule has 21 heavy (non-hydrogen) atoms. The van der Waals surface area contributed by atoms with Crippen molar-refractivity contribution in [1.82, 2.24) is 4.90 Å². The summed E-state index contributed by atoms with van der Waals surface area (Å²) in [6, 6.07) is 6.30. The predicted octanol–water partition coefficient (Wildman–Crippen LogP) is 1.47. The highest BCUT2D eigenvalue weighted by Crippen LogP contribution is 2.26. The molecule has 0 atom stereocenters. The van der Waals surface area contributed by atoms with E-state index in [1.807, 2.05) is 0 Å². The number of hydrogen-bond donors (Lipinski definition) is 1. The quantitative estimate of drug-likeness (QED) is 0.863. The van der Waals surface area contributed by atoms with Crippen molar-refractivity contribution in [2.24, 2.45) is 0 Å². The van der Waals surface area contributed by atoms with Crippen molar-refractivity contribution >= 4 is 15.7 Å². The molecule has 1 aromatic rings. The fraction of sp³-hybridized carbons (Fsp3) is 0.533. The Morgan fingerprint density at radius 2 is 1.90 bits per heavy atom. The number of aliphatic hydroxyl groups is 1. The molecule has 0 bridgehead atoms. The molecule has 0 aromatic heterocycles. The summed E-state index contributed by atoms with van der Waals surface area (Å²) in [5.74, 6) is -0.0896. The van der Waals surface area contributed by atoms with Gasteiger partial charge in [-0.1, -0.05) is 0 Å². The molecule has 1 saturated carbocycles. The van der Waals surface area contributed by atoms with E-state index < -0.39 is 9.84 Å². The number of hydrogen-bond acceptors (Lipinski definition) is 4. The Balaban J connectivity index is 2.16. The Labute approximate surface area is 125 Å². The number of carbonyl (C=O) groups excluding carboxylic acids is 1. The Hall–Kier alpha value is -1.40. The van der Waals surface area contributed by atoms with Crippen LogP contribution in [0.4, 0.5) is 0 Å². The van der Waals surface area contributed by atoms with Crippen molar-refractivity contribution in [3.63, 3.8) is 0 Å². The second-order valence-electron chi connectivity index (χ2n) is 5.46. The molecule has 1 fully saturated rings. The number of aliphatic hydroxyl groups excluding tert-OH is 1. The highest BCUT2D eigenvalue weighted by atomic mass is 32.2. The maximum atomic E-state index is 12.5. The summed E-state index contributed by atoms with van der Waals surface area (Å²) in [7, 11) is -3.25. The molecule has 0 saturated heterocycles. The molecule has 0 aliphatic heterocycles. The third kappa shape index (κ3) is 3.83. The highest BCUT2D eigenvalue weighted by Gasteiger charge is 2.29. The van der Waals surface area contributed by atoms with Crippen molar-refractivity contribution in [3.8, 4) is 0 Å². The fourth-order valence-corrected chi connectivity index (χ4v) is 3.03. The minimum absolute atomic E-state index is 0.0590. The number of nitrogens with zero attached hydrogens (tertiary/aromatic N) is 1. The standard InChI is InChI=1S/C15H21NO4S/c1-21(19,20)14-8-6-12(7-9-14)15(18)16(10-3-11-17)13-4-2-5-13/h6-9,13,17H,2-5,10-11H2,1H3. The first-order valence-electron chi connectivity index (χ1n) is 7.15. The van der Waals surface area contributed by atoms with Gasteiger partial charge in [-0.2, -0.15) is 0 Å². The fourth-order valence-electron chi connectivity index (χ4n) is 2.40. The zero-order valence-electron chi connectivity index (χ0n) is 12.2. The smallest absolute Gasteiger partial charge is 0.254 e. The van der Waals surface area contributed by atoms with Gasteiger partial charge in [0.05, 0.1) is 4.90 Å². The lowest BCUT2D eigenvalue weighted by Crippen LogP contribution is -2.45. The Kier molecular flexibility index (Phi) is 5.00. The number of sulfone groups is 1. The molecule has 1 amide bonds. The molecule has 0 spiro atoms.